The van der Waals surface area contributed by atoms with E-state index in [-0.39, 0.29) is 18.0 Å². The molecule has 2 aliphatic heterocycles. The van der Waals surface area contributed by atoms with E-state index in [0.717, 1.165) is 30.9 Å². The van der Waals surface area contributed by atoms with E-state index in [1.54, 1.807) is 6.20 Å². The van der Waals surface area contributed by atoms with Crippen molar-refractivity contribution < 1.29 is 9.13 Å². The molecular formula is C14H15FN4O. The van der Waals surface area contributed by atoms with Gasteiger partial charge >= 0.3 is 0 Å². The molecule has 1 saturated heterocycles. The van der Waals surface area contributed by atoms with E-state index in [4.69, 9.17) is 4.74 Å². The second-order valence-corrected chi connectivity index (χ2v) is 5.41. The van der Waals surface area contributed by atoms with Crippen molar-refractivity contribution in [1.82, 2.24) is 19.9 Å². The third kappa shape index (κ3) is 2.01. The molecule has 0 spiro atoms. The molecule has 0 saturated carbocycles. The van der Waals surface area contributed by atoms with E-state index in [0.29, 0.717) is 6.61 Å². The van der Waals surface area contributed by atoms with Gasteiger partial charge in [0.2, 0.25) is 0 Å². The first-order chi connectivity index (χ1) is 9.79. The molecule has 0 amide bonds. The van der Waals surface area contributed by atoms with Crippen molar-refractivity contribution in [2.45, 2.75) is 25.3 Å². The van der Waals surface area contributed by atoms with Crippen LogP contribution < -0.4 is 0 Å². The van der Waals surface area contributed by atoms with Crippen molar-refractivity contribution in [3.8, 4) is 0 Å². The lowest BCUT2D eigenvalue weighted by Crippen LogP contribution is -2.32. The number of hydrogen-bond acceptors (Lipinski definition) is 4. The Kier molecular flexibility index (Phi) is 2.78. The first-order valence-corrected chi connectivity index (χ1v) is 6.77. The summed E-state index contributed by atoms with van der Waals surface area (Å²) in [7, 11) is 0. The van der Waals surface area contributed by atoms with Crippen molar-refractivity contribution in [1.29, 1.82) is 0 Å². The van der Waals surface area contributed by atoms with Crippen LogP contribution >= 0.6 is 0 Å². The molecule has 6 heteroatoms. The molecule has 1 unspecified atom stereocenters. The first-order valence-electron chi connectivity index (χ1n) is 6.77. The van der Waals surface area contributed by atoms with E-state index in [9.17, 15) is 4.39 Å². The minimum Gasteiger partial charge on any atom is -0.368 e. The van der Waals surface area contributed by atoms with Crippen LogP contribution in [0.2, 0.25) is 0 Å². The van der Waals surface area contributed by atoms with Crippen molar-refractivity contribution in [2.24, 2.45) is 0 Å². The first kappa shape index (κ1) is 12.0. The zero-order valence-electron chi connectivity index (χ0n) is 10.9. The van der Waals surface area contributed by atoms with Crippen LogP contribution in [-0.4, -0.2) is 39.1 Å². The van der Waals surface area contributed by atoms with Crippen molar-refractivity contribution in [3.05, 3.63) is 47.5 Å². The number of fused-ring (bicyclic) bond motifs is 3. The maximum atomic E-state index is 12.9. The predicted molar refractivity (Wildman–Crippen MR) is 69.3 cm³/mol. The highest BCUT2D eigenvalue weighted by Gasteiger charge is 2.39. The Morgan fingerprint density at radius 1 is 1.25 bits per heavy atom. The van der Waals surface area contributed by atoms with Crippen molar-refractivity contribution >= 4 is 0 Å². The number of halogens is 1. The summed E-state index contributed by atoms with van der Waals surface area (Å²) in [6.07, 6.45) is 1.93. The van der Waals surface area contributed by atoms with Gasteiger partial charge in [-0.25, -0.2) is 9.07 Å². The molecule has 20 heavy (non-hydrogen) atoms. The van der Waals surface area contributed by atoms with Gasteiger partial charge in [0, 0.05) is 19.6 Å². The second kappa shape index (κ2) is 4.64. The highest BCUT2D eigenvalue weighted by Crippen LogP contribution is 2.30. The third-order valence-electron chi connectivity index (χ3n) is 4.04. The standard InChI is InChI=1S/C14H15FN4O/c15-11-3-1-10(2-4-11)6-18-7-13-14(8-18)20-9-12-5-16-17-19(12)13/h1-5,13-14H,6-9H2/t13-,14?/m1/s1. The highest BCUT2D eigenvalue weighted by molar-refractivity contribution is 5.16. The quantitative estimate of drug-likeness (QED) is 0.829. The minimum absolute atomic E-state index is 0.171. The van der Waals surface area contributed by atoms with Crippen molar-refractivity contribution in [2.75, 3.05) is 13.1 Å². The van der Waals surface area contributed by atoms with Crippen LogP contribution in [0.5, 0.6) is 0 Å². The van der Waals surface area contributed by atoms with Crippen LogP contribution in [0.1, 0.15) is 17.3 Å². The molecule has 1 fully saturated rings. The summed E-state index contributed by atoms with van der Waals surface area (Å²) in [6.45, 7) is 3.15. The lowest BCUT2D eigenvalue weighted by atomic mass is 10.2. The van der Waals surface area contributed by atoms with Crippen molar-refractivity contribution in [3.63, 3.8) is 0 Å². The number of benzene rings is 1. The topological polar surface area (TPSA) is 43.2 Å². The lowest BCUT2D eigenvalue weighted by molar-refractivity contribution is -0.00521. The monoisotopic (exact) mass is 274 g/mol. The van der Waals surface area contributed by atoms with Crippen LogP contribution in [-0.2, 0) is 17.9 Å². The van der Waals surface area contributed by atoms with E-state index < -0.39 is 0 Å². The van der Waals surface area contributed by atoms with Crippen LogP contribution in [0.4, 0.5) is 4.39 Å². The Balaban J connectivity index is 1.50. The van der Waals surface area contributed by atoms with Crippen LogP contribution in [0.25, 0.3) is 0 Å². The largest absolute Gasteiger partial charge is 0.368 e. The maximum absolute atomic E-state index is 12.9. The zero-order valence-corrected chi connectivity index (χ0v) is 10.9. The van der Waals surface area contributed by atoms with E-state index in [2.05, 4.69) is 15.2 Å². The molecule has 0 aliphatic carbocycles. The van der Waals surface area contributed by atoms with Gasteiger partial charge in [0.25, 0.3) is 0 Å². The Morgan fingerprint density at radius 2 is 2.10 bits per heavy atom. The fourth-order valence-corrected chi connectivity index (χ4v) is 3.05. The van der Waals surface area contributed by atoms with Gasteiger partial charge in [-0.1, -0.05) is 17.3 Å². The van der Waals surface area contributed by atoms with E-state index in [1.165, 1.54) is 12.1 Å². The van der Waals surface area contributed by atoms with Gasteiger partial charge in [0.05, 0.1) is 30.6 Å². The summed E-state index contributed by atoms with van der Waals surface area (Å²) in [6, 6.07) is 6.91. The van der Waals surface area contributed by atoms with E-state index >= 15 is 0 Å². The molecule has 0 radical (unpaired) electrons. The Bertz CT molecular complexity index is 612. The fraction of sp³-hybridized carbons (Fsp3) is 0.429. The van der Waals surface area contributed by atoms with Gasteiger partial charge in [-0.15, -0.1) is 5.10 Å². The number of hydrogen-bond donors (Lipinski definition) is 0. The van der Waals surface area contributed by atoms with Gasteiger partial charge < -0.3 is 4.74 Å². The normalized spacial score (nSPS) is 25.4. The Morgan fingerprint density at radius 3 is 2.95 bits per heavy atom. The number of ether oxygens (including phenoxy) is 1. The SMILES string of the molecule is Fc1ccc(CN2CC3OCc4cnnn4[C@@H]3C2)cc1. The molecule has 0 bridgehead atoms. The fourth-order valence-electron chi connectivity index (χ4n) is 3.05. The summed E-state index contributed by atoms with van der Waals surface area (Å²) in [4.78, 5) is 2.32. The highest BCUT2D eigenvalue weighted by atomic mass is 19.1. The summed E-state index contributed by atoms with van der Waals surface area (Å²) in [5, 5.41) is 8.12. The summed E-state index contributed by atoms with van der Waals surface area (Å²) in [5.41, 5.74) is 2.15. The summed E-state index contributed by atoms with van der Waals surface area (Å²) >= 11 is 0. The van der Waals surface area contributed by atoms with Gasteiger partial charge in [-0.2, -0.15) is 0 Å². The maximum Gasteiger partial charge on any atom is 0.123 e. The van der Waals surface area contributed by atoms with Gasteiger partial charge in [-0.3, -0.25) is 4.90 Å². The van der Waals surface area contributed by atoms with Crippen LogP contribution in [0.3, 0.4) is 0 Å². The molecule has 2 atom stereocenters. The zero-order chi connectivity index (χ0) is 13.5. The smallest absolute Gasteiger partial charge is 0.123 e. The Hall–Kier alpha value is -1.79. The summed E-state index contributed by atoms with van der Waals surface area (Å²) < 4.78 is 20.8. The van der Waals surface area contributed by atoms with Gasteiger partial charge in [0.15, 0.2) is 0 Å². The average molecular weight is 274 g/mol. The second-order valence-electron chi connectivity index (χ2n) is 5.41. The number of aromatic nitrogens is 3. The third-order valence-corrected chi connectivity index (χ3v) is 4.04. The molecule has 1 aromatic heterocycles. The van der Waals surface area contributed by atoms with Gasteiger partial charge in [-0.05, 0) is 17.7 Å². The molecule has 2 aliphatic rings. The molecule has 3 heterocycles. The summed E-state index contributed by atoms with van der Waals surface area (Å²) in [5.74, 6) is -0.195. The number of rotatable bonds is 2. The van der Waals surface area contributed by atoms with Crippen LogP contribution in [0, 0.1) is 5.82 Å². The molecule has 1 aromatic carbocycles. The average Bonchev–Trinajstić information content (AvgIpc) is 3.06. The van der Waals surface area contributed by atoms with E-state index in [1.807, 2.05) is 16.8 Å². The molecule has 0 N–H and O–H groups in total. The lowest BCUT2D eigenvalue weighted by Gasteiger charge is -2.25. The number of nitrogens with zero attached hydrogens (tertiary/aromatic N) is 4. The molecule has 104 valence electrons. The molecular weight excluding hydrogens is 259 g/mol. The number of likely N-dealkylation sites (tertiary alicyclic amines) is 1. The molecule has 4 rings (SSSR count). The predicted octanol–water partition coefficient (Wildman–Crippen LogP) is 1.37. The van der Waals surface area contributed by atoms with Gasteiger partial charge in [0.1, 0.15) is 5.82 Å². The molecule has 2 aromatic rings. The minimum atomic E-state index is -0.195. The molecule has 5 nitrogen and oxygen atoms in total. The Labute approximate surface area is 116 Å². The van der Waals surface area contributed by atoms with Crippen LogP contribution in [0.15, 0.2) is 30.5 Å².